The minimum atomic E-state index is -0.220. The molecule has 1 aliphatic rings. The summed E-state index contributed by atoms with van der Waals surface area (Å²) in [5, 5.41) is 2.84. The summed E-state index contributed by atoms with van der Waals surface area (Å²) < 4.78 is 6.28. The Hall–Kier alpha value is -3.42. The van der Waals surface area contributed by atoms with E-state index >= 15 is 0 Å². The number of rotatable bonds is 8. The molecule has 33 heavy (non-hydrogen) atoms. The van der Waals surface area contributed by atoms with Crippen LogP contribution in [0.2, 0.25) is 0 Å². The summed E-state index contributed by atoms with van der Waals surface area (Å²) in [7, 11) is 0. The van der Waals surface area contributed by atoms with E-state index in [0.29, 0.717) is 33.6 Å². The largest absolute Gasteiger partial charge is 0.483 e. The van der Waals surface area contributed by atoms with E-state index in [1.54, 1.807) is 17.0 Å². The Balaban J connectivity index is 1.40. The van der Waals surface area contributed by atoms with Gasteiger partial charge in [-0.25, -0.2) is 0 Å². The Morgan fingerprint density at radius 3 is 2.30 bits per heavy atom. The molecule has 0 aliphatic carbocycles. The van der Waals surface area contributed by atoms with Gasteiger partial charge in [-0.15, -0.1) is 0 Å². The molecule has 3 aromatic rings. The molecule has 1 N–H and O–H groups in total. The zero-order chi connectivity index (χ0) is 23.0. The van der Waals surface area contributed by atoms with Gasteiger partial charge in [0.15, 0.2) is 6.61 Å². The van der Waals surface area contributed by atoms with Crippen molar-refractivity contribution in [3.05, 3.63) is 107 Å². The maximum Gasteiger partial charge on any atom is 0.266 e. The first kappa shape index (κ1) is 22.8. The van der Waals surface area contributed by atoms with E-state index in [4.69, 9.17) is 17.0 Å². The smallest absolute Gasteiger partial charge is 0.266 e. The second-order valence-electron chi connectivity index (χ2n) is 7.34. The molecular formula is C26H22N2O3S2. The van der Waals surface area contributed by atoms with Crippen LogP contribution in [0.5, 0.6) is 5.75 Å². The van der Waals surface area contributed by atoms with Crippen molar-refractivity contribution in [2.45, 2.75) is 13.1 Å². The number of nitrogens with zero attached hydrogens (tertiary/aromatic N) is 1. The van der Waals surface area contributed by atoms with Crippen molar-refractivity contribution in [2.75, 3.05) is 6.61 Å². The summed E-state index contributed by atoms with van der Waals surface area (Å²) in [5.74, 6) is 0.174. The Morgan fingerprint density at radius 2 is 1.58 bits per heavy atom. The summed E-state index contributed by atoms with van der Waals surface area (Å²) in [6, 6.07) is 26.7. The molecule has 0 bridgehead atoms. The van der Waals surface area contributed by atoms with Crippen molar-refractivity contribution in [1.82, 2.24) is 10.2 Å². The minimum Gasteiger partial charge on any atom is -0.483 e. The standard InChI is InChI=1S/C26H22N2O3S2/c29-24(27-16-19-9-3-1-4-10-19)18-31-22-14-8-7-13-21(22)15-23-25(30)28(26(32)33-23)17-20-11-5-2-6-12-20/h1-15H,16-18H2,(H,27,29)/b23-15-. The highest BCUT2D eigenvalue weighted by molar-refractivity contribution is 8.26. The Labute approximate surface area is 202 Å². The summed E-state index contributed by atoms with van der Waals surface area (Å²) >= 11 is 6.71. The van der Waals surface area contributed by atoms with E-state index in [1.165, 1.54) is 11.8 Å². The molecule has 1 heterocycles. The molecule has 0 aromatic heterocycles. The van der Waals surface area contributed by atoms with E-state index in [1.807, 2.05) is 78.9 Å². The van der Waals surface area contributed by atoms with Gasteiger partial charge in [-0.05, 0) is 23.3 Å². The molecule has 7 heteroatoms. The van der Waals surface area contributed by atoms with E-state index in [0.717, 1.165) is 11.1 Å². The molecular weight excluding hydrogens is 452 g/mol. The van der Waals surface area contributed by atoms with Crippen molar-refractivity contribution in [2.24, 2.45) is 0 Å². The van der Waals surface area contributed by atoms with Crippen LogP contribution in [0.15, 0.2) is 89.8 Å². The van der Waals surface area contributed by atoms with Gasteiger partial charge in [0.2, 0.25) is 0 Å². The first-order valence-electron chi connectivity index (χ1n) is 10.4. The number of hydrogen-bond acceptors (Lipinski definition) is 5. The van der Waals surface area contributed by atoms with Crippen LogP contribution >= 0.6 is 24.0 Å². The molecule has 3 aromatic carbocycles. The Bertz CT molecular complexity index is 1180. The second kappa shape index (κ2) is 10.9. The van der Waals surface area contributed by atoms with E-state index in [2.05, 4.69) is 5.32 Å². The molecule has 0 unspecified atom stereocenters. The number of para-hydroxylation sites is 1. The molecule has 166 valence electrons. The normalized spacial score (nSPS) is 14.5. The van der Waals surface area contributed by atoms with Gasteiger partial charge in [0, 0.05) is 12.1 Å². The highest BCUT2D eigenvalue weighted by Gasteiger charge is 2.32. The zero-order valence-corrected chi connectivity index (χ0v) is 19.4. The Kier molecular flexibility index (Phi) is 7.55. The lowest BCUT2D eigenvalue weighted by molar-refractivity contribution is -0.123. The molecule has 1 saturated heterocycles. The molecule has 0 saturated carbocycles. The van der Waals surface area contributed by atoms with Crippen molar-refractivity contribution in [1.29, 1.82) is 0 Å². The van der Waals surface area contributed by atoms with Crippen LogP contribution in [-0.4, -0.2) is 27.6 Å². The van der Waals surface area contributed by atoms with Gasteiger partial charge in [-0.2, -0.15) is 0 Å². The number of hydrogen-bond donors (Lipinski definition) is 1. The van der Waals surface area contributed by atoms with Crippen LogP contribution in [-0.2, 0) is 22.7 Å². The molecule has 5 nitrogen and oxygen atoms in total. The molecule has 1 aliphatic heterocycles. The van der Waals surface area contributed by atoms with Crippen LogP contribution in [0.3, 0.4) is 0 Å². The lowest BCUT2D eigenvalue weighted by atomic mass is 10.1. The van der Waals surface area contributed by atoms with Crippen LogP contribution in [0.4, 0.5) is 0 Å². The van der Waals surface area contributed by atoms with Gasteiger partial charge >= 0.3 is 0 Å². The monoisotopic (exact) mass is 474 g/mol. The first-order valence-corrected chi connectivity index (χ1v) is 11.6. The summed E-state index contributed by atoms with van der Waals surface area (Å²) in [4.78, 5) is 27.3. The van der Waals surface area contributed by atoms with Gasteiger partial charge < -0.3 is 10.1 Å². The SMILES string of the molecule is O=C(COc1ccccc1/C=C1\SC(=S)N(Cc2ccccc2)C1=O)NCc1ccccc1. The number of thioether (sulfide) groups is 1. The predicted octanol–water partition coefficient (Wildman–Crippen LogP) is 4.78. The van der Waals surface area contributed by atoms with Gasteiger partial charge in [-0.1, -0.05) is 103 Å². The second-order valence-corrected chi connectivity index (χ2v) is 9.02. The lowest BCUT2D eigenvalue weighted by Crippen LogP contribution is -2.28. The molecule has 0 spiro atoms. The van der Waals surface area contributed by atoms with Crippen molar-refractivity contribution in [3.8, 4) is 5.75 Å². The number of thiocarbonyl (C=S) groups is 1. The number of benzene rings is 3. The van der Waals surface area contributed by atoms with E-state index in [9.17, 15) is 9.59 Å². The fourth-order valence-corrected chi connectivity index (χ4v) is 4.51. The van der Waals surface area contributed by atoms with Crippen LogP contribution in [0.25, 0.3) is 6.08 Å². The topological polar surface area (TPSA) is 58.6 Å². The maximum absolute atomic E-state index is 13.0. The number of ether oxygens (including phenoxy) is 1. The third kappa shape index (κ3) is 6.09. The molecule has 0 atom stereocenters. The highest BCUT2D eigenvalue weighted by atomic mass is 32.2. The van der Waals surface area contributed by atoms with Crippen LogP contribution < -0.4 is 10.1 Å². The molecule has 0 radical (unpaired) electrons. The fraction of sp³-hybridized carbons (Fsp3) is 0.115. The molecule has 4 rings (SSSR count). The van der Waals surface area contributed by atoms with Gasteiger partial charge in [0.05, 0.1) is 11.4 Å². The van der Waals surface area contributed by atoms with Crippen LogP contribution in [0.1, 0.15) is 16.7 Å². The number of amides is 2. The van der Waals surface area contributed by atoms with Crippen molar-refractivity contribution in [3.63, 3.8) is 0 Å². The average molecular weight is 475 g/mol. The lowest BCUT2D eigenvalue weighted by Gasteiger charge is -2.14. The van der Waals surface area contributed by atoms with E-state index < -0.39 is 0 Å². The van der Waals surface area contributed by atoms with Gasteiger partial charge in [0.1, 0.15) is 10.1 Å². The van der Waals surface area contributed by atoms with Gasteiger partial charge in [0.25, 0.3) is 11.8 Å². The van der Waals surface area contributed by atoms with Gasteiger partial charge in [-0.3, -0.25) is 14.5 Å². The zero-order valence-electron chi connectivity index (χ0n) is 17.8. The van der Waals surface area contributed by atoms with Crippen molar-refractivity contribution < 1.29 is 14.3 Å². The molecule has 2 amide bonds. The van der Waals surface area contributed by atoms with E-state index in [-0.39, 0.29) is 18.4 Å². The quantitative estimate of drug-likeness (QED) is 0.376. The van der Waals surface area contributed by atoms with Crippen molar-refractivity contribution >= 4 is 46.2 Å². The Morgan fingerprint density at radius 1 is 0.939 bits per heavy atom. The summed E-state index contributed by atoms with van der Waals surface area (Å²) in [6.07, 6.45) is 1.77. The number of carbonyl (C=O) groups excluding carboxylic acids is 2. The number of nitrogens with one attached hydrogen (secondary N) is 1. The first-order chi connectivity index (χ1) is 16.1. The summed E-state index contributed by atoms with van der Waals surface area (Å²) in [5.41, 5.74) is 2.75. The van der Waals surface area contributed by atoms with Crippen LogP contribution in [0, 0.1) is 0 Å². The summed E-state index contributed by atoms with van der Waals surface area (Å²) in [6.45, 7) is 0.754. The third-order valence-electron chi connectivity index (χ3n) is 4.95. The maximum atomic E-state index is 13.0. The average Bonchev–Trinajstić information content (AvgIpc) is 3.11. The minimum absolute atomic E-state index is 0.118. The number of carbonyl (C=O) groups is 2. The molecule has 1 fully saturated rings. The predicted molar refractivity (Wildman–Crippen MR) is 135 cm³/mol. The highest BCUT2D eigenvalue weighted by Crippen LogP contribution is 2.35. The fourth-order valence-electron chi connectivity index (χ4n) is 3.27. The third-order valence-corrected chi connectivity index (χ3v) is 6.33.